The van der Waals surface area contributed by atoms with Crippen molar-refractivity contribution in [1.29, 1.82) is 0 Å². The minimum absolute atomic E-state index is 0.187. The highest BCUT2D eigenvalue weighted by atomic mass is 16.1. The Hall–Kier alpha value is -2.37. The highest BCUT2D eigenvalue weighted by molar-refractivity contribution is 5.86. The topological polar surface area (TPSA) is 62.5 Å². The lowest BCUT2D eigenvalue weighted by molar-refractivity contribution is -0.116. The minimum atomic E-state index is -0.187. The zero-order chi connectivity index (χ0) is 15.9. The van der Waals surface area contributed by atoms with Crippen LogP contribution in [0.3, 0.4) is 0 Å². The lowest BCUT2D eigenvalue weighted by Crippen LogP contribution is -2.35. The van der Waals surface area contributed by atoms with Crippen LogP contribution in [0.5, 0.6) is 0 Å². The number of nitrogens with one attached hydrogen (secondary N) is 1. The molecule has 1 aliphatic carbocycles. The zero-order valence-electron chi connectivity index (χ0n) is 13.2. The fourth-order valence-corrected chi connectivity index (χ4v) is 3.38. The quantitative estimate of drug-likeness (QED) is 0.876. The van der Waals surface area contributed by atoms with Gasteiger partial charge in [0.2, 0.25) is 5.91 Å². The van der Waals surface area contributed by atoms with Crippen LogP contribution in [0.4, 0.5) is 5.82 Å². The van der Waals surface area contributed by atoms with E-state index in [9.17, 15) is 4.79 Å². The van der Waals surface area contributed by atoms with Crippen LogP contribution in [0.1, 0.15) is 31.4 Å². The van der Waals surface area contributed by atoms with Crippen LogP contribution in [-0.2, 0) is 11.3 Å². The molecule has 6 nitrogen and oxygen atoms in total. The molecule has 0 bridgehead atoms. The first-order valence-electron chi connectivity index (χ1n) is 8.17. The van der Waals surface area contributed by atoms with Gasteiger partial charge in [-0.2, -0.15) is 0 Å². The fraction of sp³-hybridized carbons (Fsp3) is 0.471. The summed E-state index contributed by atoms with van der Waals surface area (Å²) >= 11 is 0. The molecule has 0 unspecified atom stereocenters. The lowest BCUT2D eigenvalue weighted by Gasteiger charge is -2.33. The summed E-state index contributed by atoms with van der Waals surface area (Å²) in [7, 11) is 0. The van der Waals surface area contributed by atoms with Gasteiger partial charge < -0.3 is 14.6 Å². The highest BCUT2D eigenvalue weighted by Crippen LogP contribution is 2.53. The van der Waals surface area contributed by atoms with Crippen LogP contribution >= 0.6 is 0 Å². The lowest BCUT2D eigenvalue weighted by atomic mass is 9.94. The second kappa shape index (κ2) is 5.37. The zero-order valence-corrected chi connectivity index (χ0v) is 13.2. The SMILES string of the molecule is C=CC(=O)NCc1cn2ccnc2c(N2CCC3(CC2)CC3)n1. The van der Waals surface area contributed by atoms with E-state index >= 15 is 0 Å². The number of anilines is 1. The summed E-state index contributed by atoms with van der Waals surface area (Å²) in [6.07, 6.45) is 12.2. The van der Waals surface area contributed by atoms with E-state index in [-0.39, 0.29) is 5.91 Å². The van der Waals surface area contributed by atoms with Gasteiger partial charge in [0.25, 0.3) is 0 Å². The first kappa shape index (κ1) is 14.2. The summed E-state index contributed by atoms with van der Waals surface area (Å²) < 4.78 is 1.99. The molecule has 6 heteroatoms. The number of hydrogen-bond acceptors (Lipinski definition) is 4. The summed E-state index contributed by atoms with van der Waals surface area (Å²) in [5.74, 6) is 0.739. The van der Waals surface area contributed by atoms with E-state index in [4.69, 9.17) is 4.98 Å². The molecule has 120 valence electrons. The van der Waals surface area contributed by atoms with E-state index in [2.05, 4.69) is 21.8 Å². The maximum absolute atomic E-state index is 11.4. The van der Waals surface area contributed by atoms with Crippen molar-refractivity contribution in [3.05, 3.63) is 36.9 Å². The highest BCUT2D eigenvalue weighted by Gasteiger charge is 2.44. The third kappa shape index (κ3) is 2.69. The first-order valence-corrected chi connectivity index (χ1v) is 8.17. The molecule has 1 amide bonds. The van der Waals surface area contributed by atoms with E-state index in [0.717, 1.165) is 30.2 Å². The van der Waals surface area contributed by atoms with Gasteiger partial charge in [0.05, 0.1) is 12.2 Å². The Bertz CT molecular complexity index is 751. The van der Waals surface area contributed by atoms with Crippen LogP contribution < -0.4 is 10.2 Å². The summed E-state index contributed by atoms with van der Waals surface area (Å²) in [6, 6.07) is 0. The number of amides is 1. The average molecular weight is 311 g/mol. The molecule has 3 heterocycles. The van der Waals surface area contributed by atoms with Gasteiger partial charge in [-0.05, 0) is 37.2 Å². The predicted octanol–water partition coefficient (Wildman–Crippen LogP) is 1.91. The molecule has 1 spiro atoms. The number of rotatable bonds is 4. The van der Waals surface area contributed by atoms with Crippen molar-refractivity contribution in [3.8, 4) is 0 Å². The van der Waals surface area contributed by atoms with Gasteiger partial charge >= 0.3 is 0 Å². The maximum atomic E-state index is 11.4. The minimum Gasteiger partial charge on any atom is -0.353 e. The van der Waals surface area contributed by atoms with Gasteiger partial charge in [-0.25, -0.2) is 9.97 Å². The molecule has 1 aliphatic heterocycles. The Kier molecular flexibility index (Phi) is 3.32. The van der Waals surface area contributed by atoms with Crippen molar-refractivity contribution in [1.82, 2.24) is 19.7 Å². The number of piperidine rings is 1. The van der Waals surface area contributed by atoms with Crippen molar-refractivity contribution in [2.45, 2.75) is 32.2 Å². The molecule has 4 rings (SSSR count). The summed E-state index contributed by atoms with van der Waals surface area (Å²) in [5.41, 5.74) is 2.35. The summed E-state index contributed by atoms with van der Waals surface area (Å²) in [5, 5.41) is 2.79. The molecule has 2 aromatic heterocycles. The first-order chi connectivity index (χ1) is 11.2. The smallest absolute Gasteiger partial charge is 0.243 e. The number of fused-ring (bicyclic) bond motifs is 1. The van der Waals surface area contributed by atoms with E-state index in [0.29, 0.717) is 12.0 Å². The molecule has 23 heavy (non-hydrogen) atoms. The van der Waals surface area contributed by atoms with Crippen molar-refractivity contribution < 1.29 is 4.79 Å². The molecule has 0 radical (unpaired) electrons. The fourth-order valence-electron chi connectivity index (χ4n) is 3.38. The van der Waals surface area contributed by atoms with Crippen LogP contribution in [0.15, 0.2) is 31.2 Å². The number of imidazole rings is 1. The molecule has 0 atom stereocenters. The largest absolute Gasteiger partial charge is 0.353 e. The molecule has 1 N–H and O–H groups in total. The van der Waals surface area contributed by atoms with Gasteiger partial charge in [0.1, 0.15) is 0 Å². The van der Waals surface area contributed by atoms with E-state index in [1.807, 2.05) is 16.8 Å². The maximum Gasteiger partial charge on any atom is 0.243 e. The van der Waals surface area contributed by atoms with Crippen LogP contribution in [0.25, 0.3) is 5.65 Å². The number of carbonyl (C=O) groups is 1. The second-order valence-electron chi connectivity index (χ2n) is 6.62. The third-order valence-electron chi connectivity index (χ3n) is 5.12. The van der Waals surface area contributed by atoms with E-state index in [1.165, 1.54) is 31.8 Å². The number of aromatic nitrogens is 3. The molecule has 2 aliphatic rings. The molecule has 2 aromatic rings. The number of carbonyl (C=O) groups excluding carboxylic acids is 1. The predicted molar refractivity (Wildman–Crippen MR) is 88.1 cm³/mol. The summed E-state index contributed by atoms with van der Waals surface area (Å²) in [4.78, 5) is 22.9. The van der Waals surface area contributed by atoms with Gasteiger partial charge in [0.15, 0.2) is 11.5 Å². The number of hydrogen-bond donors (Lipinski definition) is 1. The third-order valence-corrected chi connectivity index (χ3v) is 5.12. The Morgan fingerprint density at radius 3 is 2.83 bits per heavy atom. The van der Waals surface area contributed by atoms with Crippen molar-refractivity contribution >= 4 is 17.4 Å². The Balaban J connectivity index is 1.60. The molecule has 1 saturated heterocycles. The Labute approximate surface area is 135 Å². The Morgan fingerprint density at radius 2 is 2.13 bits per heavy atom. The second-order valence-corrected chi connectivity index (χ2v) is 6.62. The van der Waals surface area contributed by atoms with Crippen LogP contribution in [0, 0.1) is 5.41 Å². The van der Waals surface area contributed by atoms with Crippen molar-refractivity contribution in [2.24, 2.45) is 5.41 Å². The van der Waals surface area contributed by atoms with Crippen molar-refractivity contribution in [3.63, 3.8) is 0 Å². The number of nitrogens with zero attached hydrogens (tertiary/aromatic N) is 4. The molecule has 0 aromatic carbocycles. The average Bonchev–Trinajstić information content (AvgIpc) is 3.16. The monoisotopic (exact) mass is 311 g/mol. The van der Waals surface area contributed by atoms with Gasteiger partial charge in [-0.15, -0.1) is 0 Å². The normalized spacial score (nSPS) is 19.0. The van der Waals surface area contributed by atoms with Gasteiger partial charge in [-0.3, -0.25) is 4.79 Å². The molecular weight excluding hydrogens is 290 g/mol. The van der Waals surface area contributed by atoms with E-state index in [1.54, 1.807) is 6.20 Å². The molecular formula is C17H21N5O. The standard InChI is InChI=1S/C17H21N5O/c1-2-14(23)19-11-13-12-22-10-7-18-15(22)16(20-13)21-8-5-17(3-4-17)6-9-21/h2,7,10,12H,1,3-6,8-9,11H2,(H,19,23). The van der Waals surface area contributed by atoms with E-state index < -0.39 is 0 Å². The van der Waals surface area contributed by atoms with Gasteiger partial charge in [0, 0.05) is 31.7 Å². The Morgan fingerprint density at radius 1 is 1.35 bits per heavy atom. The molecule has 2 fully saturated rings. The molecule has 1 saturated carbocycles. The van der Waals surface area contributed by atoms with Crippen molar-refractivity contribution in [2.75, 3.05) is 18.0 Å². The van der Waals surface area contributed by atoms with Crippen LogP contribution in [0.2, 0.25) is 0 Å². The van der Waals surface area contributed by atoms with Gasteiger partial charge in [-0.1, -0.05) is 6.58 Å². The van der Waals surface area contributed by atoms with Crippen LogP contribution in [-0.4, -0.2) is 33.4 Å². The summed E-state index contributed by atoms with van der Waals surface area (Å²) in [6.45, 7) is 5.94.